The van der Waals surface area contributed by atoms with Crippen LogP contribution in [0.2, 0.25) is 0 Å². The quantitative estimate of drug-likeness (QED) is 0.841. The van der Waals surface area contributed by atoms with Gasteiger partial charge >= 0.3 is 12.0 Å². The van der Waals surface area contributed by atoms with Crippen molar-refractivity contribution in [3.63, 3.8) is 0 Å². The Labute approximate surface area is 128 Å². The van der Waals surface area contributed by atoms with Crippen LogP contribution in [0.1, 0.15) is 54.4 Å². The van der Waals surface area contributed by atoms with E-state index in [1.807, 2.05) is 25.7 Å². The molecule has 1 saturated heterocycles. The average Bonchev–Trinajstić information content (AvgIpc) is 2.74. The summed E-state index contributed by atoms with van der Waals surface area (Å²) in [7, 11) is 0. The normalized spacial score (nSPS) is 21.2. The monoisotopic (exact) mass is 298 g/mol. The van der Waals surface area contributed by atoms with Crippen molar-refractivity contribution in [1.29, 1.82) is 0 Å². The summed E-state index contributed by atoms with van der Waals surface area (Å²) in [4.78, 5) is 25.2. The summed E-state index contributed by atoms with van der Waals surface area (Å²) in [6.07, 6.45) is 0.960. The van der Waals surface area contributed by atoms with Gasteiger partial charge in [-0.05, 0) is 23.2 Å². The third kappa shape index (κ3) is 5.21. The fraction of sp³-hybridized carbons (Fsp3) is 0.875. The molecule has 0 aliphatic carbocycles. The first kappa shape index (κ1) is 17.8. The summed E-state index contributed by atoms with van der Waals surface area (Å²) in [5.41, 5.74) is -0.0866. The Morgan fingerprint density at radius 2 is 1.81 bits per heavy atom. The zero-order valence-electron chi connectivity index (χ0n) is 14.2. The molecule has 1 fully saturated rings. The number of carboxylic acids is 1. The first-order valence-electron chi connectivity index (χ1n) is 7.68. The Balaban J connectivity index is 2.65. The zero-order chi connectivity index (χ0) is 16.4. The van der Waals surface area contributed by atoms with Gasteiger partial charge in [0.2, 0.25) is 0 Å². The van der Waals surface area contributed by atoms with Gasteiger partial charge in [0.15, 0.2) is 0 Å². The van der Waals surface area contributed by atoms with Gasteiger partial charge in [-0.3, -0.25) is 4.79 Å². The van der Waals surface area contributed by atoms with Gasteiger partial charge in [0.1, 0.15) is 0 Å². The summed E-state index contributed by atoms with van der Waals surface area (Å²) in [5, 5.41) is 11.9. The number of carbonyl (C=O) groups is 2. The maximum absolute atomic E-state index is 12.4. The summed E-state index contributed by atoms with van der Waals surface area (Å²) >= 11 is 0. The minimum absolute atomic E-state index is 0.0498. The molecule has 1 rings (SSSR count). The number of urea groups is 1. The number of hydrogen-bond donors (Lipinski definition) is 2. The van der Waals surface area contributed by atoms with Crippen molar-refractivity contribution in [2.24, 2.45) is 16.7 Å². The second kappa shape index (κ2) is 6.24. The molecule has 0 aromatic carbocycles. The second-order valence-corrected chi connectivity index (χ2v) is 8.26. The van der Waals surface area contributed by atoms with E-state index in [2.05, 4.69) is 26.1 Å². The number of carboxylic acid groups (broad SMARTS) is 1. The highest BCUT2D eigenvalue weighted by Gasteiger charge is 2.36. The maximum atomic E-state index is 12.4. The SMILES string of the molecule is CC(C)(C)C1CCN(C(=O)NC(CC(=O)O)C(C)(C)C)C1. The first-order valence-corrected chi connectivity index (χ1v) is 7.68. The van der Waals surface area contributed by atoms with E-state index in [9.17, 15) is 9.59 Å². The Kier molecular flexibility index (Phi) is 5.29. The van der Waals surface area contributed by atoms with Gasteiger partial charge in [-0.25, -0.2) is 4.79 Å². The molecule has 1 heterocycles. The molecule has 5 nitrogen and oxygen atoms in total. The number of nitrogens with zero attached hydrogens (tertiary/aromatic N) is 1. The molecule has 122 valence electrons. The molecule has 2 N–H and O–H groups in total. The van der Waals surface area contributed by atoms with Gasteiger partial charge in [0.25, 0.3) is 0 Å². The van der Waals surface area contributed by atoms with E-state index in [0.717, 1.165) is 19.5 Å². The van der Waals surface area contributed by atoms with E-state index < -0.39 is 5.97 Å². The molecule has 0 radical (unpaired) electrons. The van der Waals surface area contributed by atoms with E-state index in [4.69, 9.17) is 5.11 Å². The molecule has 1 aliphatic heterocycles. The molecule has 0 bridgehead atoms. The summed E-state index contributed by atoms with van der Waals surface area (Å²) < 4.78 is 0. The summed E-state index contributed by atoms with van der Waals surface area (Å²) in [6.45, 7) is 13.9. The van der Waals surface area contributed by atoms with E-state index in [1.54, 1.807) is 0 Å². The number of aliphatic carboxylic acids is 1. The van der Waals surface area contributed by atoms with Gasteiger partial charge in [-0.2, -0.15) is 0 Å². The minimum atomic E-state index is -0.885. The summed E-state index contributed by atoms with van der Waals surface area (Å²) in [5.74, 6) is -0.389. The predicted octanol–water partition coefficient (Wildman–Crippen LogP) is 2.95. The highest BCUT2D eigenvalue weighted by molar-refractivity contribution is 5.76. The molecule has 0 spiro atoms. The Hall–Kier alpha value is -1.26. The lowest BCUT2D eigenvalue weighted by atomic mass is 9.80. The van der Waals surface area contributed by atoms with Crippen molar-refractivity contribution in [3.8, 4) is 0 Å². The predicted molar refractivity (Wildman–Crippen MR) is 83.2 cm³/mol. The Morgan fingerprint density at radius 3 is 2.19 bits per heavy atom. The minimum Gasteiger partial charge on any atom is -0.481 e. The van der Waals surface area contributed by atoms with Crippen LogP contribution in [0.5, 0.6) is 0 Å². The van der Waals surface area contributed by atoms with E-state index in [1.165, 1.54) is 0 Å². The van der Waals surface area contributed by atoms with Crippen LogP contribution in [-0.2, 0) is 4.79 Å². The smallest absolute Gasteiger partial charge is 0.317 e. The summed E-state index contributed by atoms with van der Waals surface area (Å²) in [6, 6.07) is -0.501. The Morgan fingerprint density at radius 1 is 1.24 bits per heavy atom. The fourth-order valence-electron chi connectivity index (χ4n) is 2.64. The maximum Gasteiger partial charge on any atom is 0.317 e. The van der Waals surface area contributed by atoms with Crippen LogP contribution in [0.4, 0.5) is 4.79 Å². The van der Waals surface area contributed by atoms with Gasteiger partial charge in [-0.1, -0.05) is 41.5 Å². The highest BCUT2D eigenvalue weighted by atomic mass is 16.4. The van der Waals surface area contributed by atoms with Gasteiger partial charge in [0.05, 0.1) is 6.42 Å². The molecule has 5 heteroatoms. The van der Waals surface area contributed by atoms with Crippen LogP contribution < -0.4 is 5.32 Å². The molecule has 0 aromatic rings. The Bertz CT molecular complexity index is 393. The third-order valence-corrected chi connectivity index (χ3v) is 4.42. The number of amides is 2. The van der Waals surface area contributed by atoms with Crippen molar-refractivity contribution in [2.75, 3.05) is 13.1 Å². The molecule has 1 aliphatic rings. The van der Waals surface area contributed by atoms with Crippen LogP contribution >= 0.6 is 0 Å². The molecule has 21 heavy (non-hydrogen) atoms. The standard InChI is InChI=1S/C16H30N2O3/c1-15(2,3)11-7-8-18(10-11)14(21)17-12(9-13(19)20)16(4,5)6/h11-12H,7-10H2,1-6H3,(H,17,21)(H,19,20). The molecule has 2 atom stereocenters. The average molecular weight is 298 g/mol. The lowest BCUT2D eigenvalue weighted by Crippen LogP contribution is -2.50. The van der Waals surface area contributed by atoms with E-state index >= 15 is 0 Å². The van der Waals surface area contributed by atoms with Crippen LogP contribution in [0.15, 0.2) is 0 Å². The second-order valence-electron chi connectivity index (χ2n) is 8.26. The first-order chi connectivity index (χ1) is 9.41. The zero-order valence-corrected chi connectivity index (χ0v) is 14.2. The van der Waals surface area contributed by atoms with Gasteiger partial charge < -0.3 is 15.3 Å². The number of hydrogen-bond acceptors (Lipinski definition) is 2. The highest BCUT2D eigenvalue weighted by Crippen LogP contribution is 2.33. The van der Waals surface area contributed by atoms with E-state index in [0.29, 0.717) is 5.92 Å². The van der Waals surface area contributed by atoms with Crippen LogP contribution in [0.25, 0.3) is 0 Å². The van der Waals surface area contributed by atoms with Crippen LogP contribution in [-0.4, -0.2) is 41.1 Å². The van der Waals surface area contributed by atoms with E-state index in [-0.39, 0.29) is 29.3 Å². The molecular formula is C16H30N2O3. The molecular weight excluding hydrogens is 268 g/mol. The van der Waals surface area contributed by atoms with Crippen molar-refractivity contribution in [2.45, 2.75) is 60.4 Å². The van der Waals surface area contributed by atoms with Crippen molar-refractivity contribution in [1.82, 2.24) is 10.2 Å². The molecule has 0 aromatic heterocycles. The lowest BCUT2D eigenvalue weighted by molar-refractivity contribution is -0.138. The topological polar surface area (TPSA) is 69.6 Å². The number of rotatable bonds is 3. The fourth-order valence-corrected chi connectivity index (χ4v) is 2.64. The number of likely N-dealkylation sites (tertiary alicyclic amines) is 1. The van der Waals surface area contributed by atoms with Crippen LogP contribution in [0, 0.1) is 16.7 Å². The lowest BCUT2D eigenvalue weighted by Gasteiger charge is -2.32. The molecule has 2 unspecified atom stereocenters. The van der Waals surface area contributed by atoms with Crippen molar-refractivity contribution >= 4 is 12.0 Å². The molecule has 0 saturated carbocycles. The number of nitrogens with one attached hydrogen (secondary N) is 1. The van der Waals surface area contributed by atoms with Gasteiger partial charge in [-0.15, -0.1) is 0 Å². The van der Waals surface area contributed by atoms with Gasteiger partial charge in [0, 0.05) is 19.1 Å². The largest absolute Gasteiger partial charge is 0.481 e. The van der Waals surface area contributed by atoms with Crippen molar-refractivity contribution in [3.05, 3.63) is 0 Å². The third-order valence-electron chi connectivity index (χ3n) is 4.42. The number of carbonyl (C=O) groups excluding carboxylic acids is 1. The molecule has 2 amide bonds. The van der Waals surface area contributed by atoms with Crippen molar-refractivity contribution < 1.29 is 14.7 Å². The van der Waals surface area contributed by atoms with Crippen LogP contribution in [0.3, 0.4) is 0 Å².